The molecule has 0 bridgehead atoms. The number of nitrogens with one attached hydrogen (secondary N) is 1. The largest absolute Gasteiger partial charge is 0.379 e. The van der Waals surface area contributed by atoms with Crippen molar-refractivity contribution in [2.75, 3.05) is 63.9 Å². The van der Waals surface area contributed by atoms with Gasteiger partial charge in [0, 0.05) is 56.5 Å². The third kappa shape index (κ3) is 5.67. The van der Waals surface area contributed by atoms with E-state index in [2.05, 4.69) is 15.1 Å². The third-order valence-electron chi connectivity index (χ3n) is 5.91. The first kappa shape index (κ1) is 21.9. The van der Waals surface area contributed by atoms with Crippen LogP contribution < -0.4 is 10.2 Å². The summed E-state index contributed by atoms with van der Waals surface area (Å²) >= 11 is 6.10. The second kappa shape index (κ2) is 10.3. The van der Waals surface area contributed by atoms with Gasteiger partial charge in [-0.05, 0) is 35.9 Å². The lowest BCUT2D eigenvalue weighted by molar-refractivity contribution is 0.0164. The first-order valence-corrected chi connectivity index (χ1v) is 11.1. The second-order valence-corrected chi connectivity index (χ2v) is 8.30. The highest BCUT2D eigenvalue weighted by Crippen LogP contribution is 2.23. The number of amides is 2. The van der Waals surface area contributed by atoms with Crippen molar-refractivity contribution in [1.29, 1.82) is 0 Å². The Kier molecular flexibility index (Phi) is 7.27. The van der Waals surface area contributed by atoms with Crippen molar-refractivity contribution in [3.8, 4) is 0 Å². The summed E-state index contributed by atoms with van der Waals surface area (Å²) in [7, 11) is 0. The van der Waals surface area contributed by atoms with Gasteiger partial charge in [-0.25, -0.2) is 9.18 Å². The standard InChI is InChI=1S/C23H28ClFN4O2/c24-19-4-2-6-21(16-19)27-7-9-29(10-8-27)23(30)26-17-22(28-11-13-31-14-12-28)18-3-1-5-20(25)15-18/h1-6,15-16,22H,7-14,17H2,(H,26,30). The van der Waals surface area contributed by atoms with E-state index in [1.165, 1.54) is 6.07 Å². The lowest BCUT2D eigenvalue weighted by Gasteiger charge is -2.37. The molecule has 1 atom stereocenters. The van der Waals surface area contributed by atoms with Gasteiger partial charge in [0.25, 0.3) is 0 Å². The molecule has 2 fully saturated rings. The molecule has 166 valence electrons. The molecule has 2 aromatic carbocycles. The van der Waals surface area contributed by atoms with Crippen molar-refractivity contribution >= 4 is 23.3 Å². The summed E-state index contributed by atoms with van der Waals surface area (Å²) in [5.41, 5.74) is 1.94. The van der Waals surface area contributed by atoms with Gasteiger partial charge < -0.3 is 19.9 Å². The zero-order valence-electron chi connectivity index (χ0n) is 17.5. The molecule has 0 aliphatic carbocycles. The van der Waals surface area contributed by atoms with Crippen molar-refractivity contribution in [2.45, 2.75) is 6.04 Å². The molecule has 2 aromatic rings. The maximum Gasteiger partial charge on any atom is 0.317 e. The summed E-state index contributed by atoms with van der Waals surface area (Å²) in [5, 5.41) is 3.79. The fourth-order valence-electron chi connectivity index (χ4n) is 4.20. The number of hydrogen-bond donors (Lipinski definition) is 1. The van der Waals surface area contributed by atoms with E-state index in [4.69, 9.17) is 16.3 Å². The maximum absolute atomic E-state index is 13.8. The number of benzene rings is 2. The zero-order valence-corrected chi connectivity index (χ0v) is 18.2. The van der Waals surface area contributed by atoms with E-state index >= 15 is 0 Å². The Morgan fingerprint density at radius 2 is 1.77 bits per heavy atom. The SMILES string of the molecule is O=C(NCC(c1cccc(F)c1)N1CCOCC1)N1CCN(c2cccc(Cl)c2)CC1. The Hall–Kier alpha value is -2.35. The Morgan fingerprint density at radius 1 is 1.03 bits per heavy atom. The summed E-state index contributed by atoms with van der Waals surface area (Å²) in [6.45, 7) is 6.02. The Labute approximate surface area is 187 Å². The van der Waals surface area contributed by atoms with E-state index in [9.17, 15) is 9.18 Å². The summed E-state index contributed by atoms with van der Waals surface area (Å²) in [6, 6.07) is 14.2. The molecule has 2 aliphatic heterocycles. The van der Waals surface area contributed by atoms with Gasteiger partial charge in [-0.1, -0.05) is 29.8 Å². The minimum absolute atomic E-state index is 0.0830. The molecule has 4 rings (SSSR count). The number of anilines is 1. The number of morpholine rings is 1. The number of nitrogens with zero attached hydrogens (tertiary/aromatic N) is 3. The van der Waals surface area contributed by atoms with Gasteiger partial charge in [-0.3, -0.25) is 4.90 Å². The molecular weight excluding hydrogens is 419 g/mol. The Morgan fingerprint density at radius 3 is 2.48 bits per heavy atom. The van der Waals surface area contributed by atoms with Gasteiger partial charge >= 0.3 is 6.03 Å². The predicted molar refractivity (Wildman–Crippen MR) is 120 cm³/mol. The highest BCUT2D eigenvalue weighted by molar-refractivity contribution is 6.30. The van der Waals surface area contributed by atoms with E-state index in [1.54, 1.807) is 12.1 Å². The molecule has 6 nitrogen and oxygen atoms in total. The van der Waals surface area contributed by atoms with E-state index in [-0.39, 0.29) is 17.9 Å². The number of hydrogen-bond acceptors (Lipinski definition) is 4. The molecule has 0 aromatic heterocycles. The first-order chi connectivity index (χ1) is 15.1. The highest BCUT2D eigenvalue weighted by Gasteiger charge is 2.26. The zero-order chi connectivity index (χ0) is 21.6. The third-order valence-corrected chi connectivity index (χ3v) is 6.14. The molecule has 2 heterocycles. The number of piperazine rings is 1. The number of carbonyl (C=O) groups is 1. The van der Waals surface area contributed by atoms with E-state index < -0.39 is 0 Å². The molecule has 1 N–H and O–H groups in total. The summed E-state index contributed by atoms with van der Waals surface area (Å²) in [6.07, 6.45) is 0. The molecule has 2 amide bonds. The van der Waals surface area contributed by atoms with Crippen LogP contribution in [0.3, 0.4) is 0 Å². The summed E-state index contributed by atoms with van der Waals surface area (Å²) in [4.78, 5) is 19.2. The van der Waals surface area contributed by atoms with Crippen molar-refractivity contribution in [3.05, 3.63) is 64.9 Å². The maximum atomic E-state index is 13.8. The lowest BCUT2D eigenvalue weighted by Crippen LogP contribution is -2.53. The molecule has 31 heavy (non-hydrogen) atoms. The molecule has 2 saturated heterocycles. The van der Waals surface area contributed by atoms with Gasteiger partial charge in [0.2, 0.25) is 0 Å². The first-order valence-electron chi connectivity index (χ1n) is 10.7. The molecule has 0 saturated carbocycles. The number of rotatable bonds is 5. The van der Waals surface area contributed by atoms with Gasteiger partial charge in [-0.15, -0.1) is 0 Å². The summed E-state index contributed by atoms with van der Waals surface area (Å²) in [5.74, 6) is -0.265. The minimum atomic E-state index is -0.265. The van der Waals surface area contributed by atoms with Crippen LogP contribution in [0.1, 0.15) is 11.6 Å². The van der Waals surface area contributed by atoms with Gasteiger partial charge in [0.1, 0.15) is 5.82 Å². The van der Waals surface area contributed by atoms with Crippen LogP contribution in [-0.4, -0.2) is 74.9 Å². The summed E-state index contributed by atoms with van der Waals surface area (Å²) < 4.78 is 19.3. The average molecular weight is 447 g/mol. The van der Waals surface area contributed by atoms with Gasteiger partial charge in [0.05, 0.1) is 19.3 Å². The van der Waals surface area contributed by atoms with Crippen LogP contribution in [0, 0.1) is 5.82 Å². The Bertz CT molecular complexity index is 885. The quantitative estimate of drug-likeness (QED) is 0.765. The predicted octanol–water partition coefficient (Wildman–Crippen LogP) is 3.38. The van der Waals surface area contributed by atoms with E-state index in [0.29, 0.717) is 37.9 Å². The minimum Gasteiger partial charge on any atom is -0.379 e. The monoisotopic (exact) mass is 446 g/mol. The lowest BCUT2D eigenvalue weighted by atomic mass is 10.0. The molecule has 0 spiro atoms. The fraction of sp³-hybridized carbons (Fsp3) is 0.435. The number of urea groups is 1. The van der Waals surface area contributed by atoms with Crippen molar-refractivity contribution in [3.63, 3.8) is 0 Å². The second-order valence-electron chi connectivity index (χ2n) is 7.86. The molecule has 0 radical (unpaired) electrons. The Balaban J connectivity index is 1.34. The van der Waals surface area contributed by atoms with Crippen LogP contribution in [0.2, 0.25) is 5.02 Å². The van der Waals surface area contributed by atoms with E-state index in [1.807, 2.05) is 35.2 Å². The van der Waals surface area contributed by atoms with Gasteiger partial charge in [0.15, 0.2) is 0 Å². The molecule has 1 unspecified atom stereocenters. The van der Waals surface area contributed by atoms with Crippen molar-refractivity contribution < 1.29 is 13.9 Å². The average Bonchev–Trinajstić information content (AvgIpc) is 2.80. The van der Waals surface area contributed by atoms with Crippen LogP contribution in [-0.2, 0) is 4.74 Å². The smallest absolute Gasteiger partial charge is 0.317 e. The van der Waals surface area contributed by atoms with Crippen LogP contribution in [0.4, 0.5) is 14.9 Å². The normalized spacial score (nSPS) is 18.6. The highest BCUT2D eigenvalue weighted by atomic mass is 35.5. The van der Waals surface area contributed by atoms with E-state index in [0.717, 1.165) is 37.4 Å². The van der Waals surface area contributed by atoms with Crippen LogP contribution in [0.25, 0.3) is 0 Å². The van der Waals surface area contributed by atoms with Crippen molar-refractivity contribution in [2.24, 2.45) is 0 Å². The van der Waals surface area contributed by atoms with Crippen molar-refractivity contribution in [1.82, 2.24) is 15.1 Å². The molecule has 8 heteroatoms. The number of ether oxygens (including phenoxy) is 1. The fourth-order valence-corrected chi connectivity index (χ4v) is 4.38. The molecular formula is C23H28ClFN4O2. The van der Waals surface area contributed by atoms with Crippen LogP contribution in [0.5, 0.6) is 0 Å². The topological polar surface area (TPSA) is 48.1 Å². The van der Waals surface area contributed by atoms with Gasteiger partial charge in [-0.2, -0.15) is 0 Å². The van der Waals surface area contributed by atoms with Crippen LogP contribution >= 0.6 is 11.6 Å². The molecule has 2 aliphatic rings. The van der Waals surface area contributed by atoms with Crippen LogP contribution in [0.15, 0.2) is 48.5 Å². The number of carbonyl (C=O) groups excluding carboxylic acids is 1. The number of halogens is 2.